The summed E-state index contributed by atoms with van der Waals surface area (Å²) in [6, 6.07) is 14.1. The second-order valence-corrected chi connectivity index (χ2v) is 5.96. The highest BCUT2D eigenvalue weighted by Crippen LogP contribution is 2.20. The smallest absolute Gasteiger partial charge is 0.289 e. The topological polar surface area (TPSA) is 45.5 Å². The molecule has 1 amide bonds. The van der Waals surface area contributed by atoms with Crippen LogP contribution in [0.25, 0.3) is 0 Å². The minimum Gasteiger partial charge on any atom is -0.444 e. The summed E-state index contributed by atoms with van der Waals surface area (Å²) in [5, 5.41) is 3.52. The third-order valence-electron chi connectivity index (χ3n) is 3.71. The second kappa shape index (κ2) is 6.35. The number of nitrogens with one attached hydrogen (secondary N) is 1. The predicted octanol–water partition coefficient (Wildman–Crippen LogP) is 3.76. The van der Waals surface area contributed by atoms with Crippen LogP contribution in [0.5, 0.6) is 0 Å². The van der Waals surface area contributed by atoms with Crippen molar-refractivity contribution in [2.24, 2.45) is 0 Å². The minimum atomic E-state index is -0.0288. The number of halogens is 1. The maximum absolute atomic E-state index is 12.3. The van der Waals surface area contributed by atoms with Crippen molar-refractivity contribution in [1.29, 1.82) is 0 Å². The fourth-order valence-electron chi connectivity index (χ4n) is 2.58. The number of hydrogen-bond acceptors (Lipinski definition) is 3. The zero-order chi connectivity index (χ0) is 14.7. The van der Waals surface area contributed by atoms with E-state index in [1.165, 1.54) is 0 Å². The summed E-state index contributed by atoms with van der Waals surface area (Å²) >= 11 is 3.22. The molecule has 0 bridgehead atoms. The summed E-state index contributed by atoms with van der Waals surface area (Å²) in [6.07, 6.45) is 1.89. The van der Waals surface area contributed by atoms with Crippen molar-refractivity contribution in [3.05, 3.63) is 52.9 Å². The third-order valence-corrected chi connectivity index (χ3v) is 4.14. The zero-order valence-electron chi connectivity index (χ0n) is 11.6. The molecule has 3 rings (SSSR count). The fourth-order valence-corrected chi connectivity index (χ4v) is 2.89. The van der Waals surface area contributed by atoms with Gasteiger partial charge in [0.2, 0.25) is 0 Å². The van der Waals surface area contributed by atoms with E-state index >= 15 is 0 Å². The van der Waals surface area contributed by atoms with E-state index in [0.717, 1.165) is 31.6 Å². The van der Waals surface area contributed by atoms with Crippen molar-refractivity contribution < 1.29 is 9.21 Å². The van der Waals surface area contributed by atoms with Gasteiger partial charge >= 0.3 is 0 Å². The van der Waals surface area contributed by atoms with Crippen molar-refractivity contribution in [3.63, 3.8) is 0 Å². The average molecular weight is 349 g/mol. The number of hydrogen-bond donors (Lipinski definition) is 1. The molecule has 21 heavy (non-hydrogen) atoms. The number of anilines is 1. The standard InChI is InChI=1S/C16H17BrN2O2/c17-15-7-6-14(21-15)16(20)19-10-8-13(9-11-19)18-12-4-2-1-3-5-12/h1-7,13,18H,8-11H2. The molecule has 1 saturated heterocycles. The molecule has 1 aliphatic heterocycles. The molecule has 0 spiro atoms. The summed E-state index contributed by atoms with van der Waals surface area (Å²) in [5.41, 5.74) is 1.14. The van der Waals surface area contributed by atoms with Crippen LogP contribution in [0.3, 0.4) is 0 Å². The highest BCUT2D eigenvalue weighted by atomic mass is 79.9. The Balaban J connectivity index is 1.54. The Bertz CT molecular complexity index is 604. The second-order valence-electron chi connectivity index (χ2n) is 5.18. The molecular formula is C16H17BrN2O2. The van der Waals surface area contributed by atoms with Gasteiger partial charge < -0.3 is 14.6 Å². The lowest BCUT2D eigenvalue weighted by Crippen LogP contribution is -2.42. The number of benzene rings is 1. The number of nitrogens with zero attached hydrogens (tertiary/aromatic N) is 1. The van der Waals surface area contributed by atoms with Gasteiger partial charge in [-0.2, -0.15) is 0 Å². The Morgan fingerprint density at radius 2 is 1.86 bits per heavy atom. The van der Waals surface area contributed by atoms with E-state index in [-0.39, 0.29) is 5.91 Å². The molecule has 0 saturated carbocycles. The minimum absolute atomic E-state index is 0.0288. The Kier molecular flexibility index (Phi) is 4.29. The van der Waals surface area contributed by atoms with Crippen LogP contribution >= 0.6 is 15.9 Å². The molecule has 5 heteroatoms. The Morgan fingerprint density at radius 3 is 2.48 bits per heavy atom. The van der Waals surface area contributed by atoms with E-state index in [9.17, 15) is 4.79 Å². The van der Waals surface area contributed by atoms with Crippen LogP contribution in [0.15, 0.2) is 51.6 Å². The Hall–Kier alpha value is -1.75. The fraction of sp³-hybridized carbons (Fsp3) is 0.312. The predicted molar refractivity (Wildman–Crippen MR) is 85.4 cm³/mol. The molecule has 1 aromatic heterocycles. The van der Waals surface area contributed by atoms with E-state index in [0.29, 0.717) is 16.5 Å². The van der Waals surface area contributed by atoms with Crippen LogP contribution in [-0.2, 0) is 0 Å². The third kappa shape index (κ3) is 3.47. The number of piperidine rings is 1. The number of amides is 1. The van der Waals surface area contributed by atoms with Crippen LogP contribution in [0.4, 0.5) is 5.69 Å². The van der Waals surface area contributed by atoms with E-state index < -0.39 is 0 Å². The highest BCUT2D eigenvalue weighted by molar-refractivity contribution is 9.10. The molecule has 0 atom stereocenters. The van der Waals surface area contributed by atoms with Gasteiger partial charge in [0.1, 0.15) is 0 Å². The van der Waals surface area contributed by atoms with Crippen LogP contribution in [-0.4, -0.2) is 29.9 Å². The molecule has 1 N–H and O–H groups in total. The quantitative estimate of drug-likeness (QED) is 0.918. The first-order valence-corrected chi connectivity index (χ1v) is 7.88. The lowest BCUT2D eigenvalue weighted by molar-refractivity contribution is 0.0685. The maximum Gasteiger partial charge on any atom is 0.289 e. The molecule has 1 aromatic carbocycles. The van der Waals surface area contributed by atoms with Crippen molar-refractivity contribution in [3.8, 4) is 0 Å². The monoisotopic (exact) mass is 348 g/mol. The van der Waals surface area contributed by atoms with Gasteiger partial charge in [-0.25, -0.2) is 0 Å². The lowest BCUT2D eigenvalue weighted by Gasteiger charge is -2.32. The molecule has 0 radical (unpaired) electrons. The first kappa shape index (κ1) is 14.2. The highest BCUT2D eigenvalue weighted by Gasteiger charge is 2.25. The Labute approximate surface area is 132 Å². The van der Waals surface area contributed by atoms with E-state index in [1.807, 2.05) is 23.1 Å². The number of furan rings is 1. The summed E-state index contributed by atoms with van der Waals surface area (Å²) in [5.74, 6) is 0.371. The molecule has 110 valence electrons. The van der Waals surface area contributed by atoms with Crippen molar-refractivity contribution in [2.45, 2.75) is 18.9 Å². The molecule has 4 nitrogen and oxygen atoms in total. The van der Waals surface area contributed by atoms with Gasteiger partial charge in [0, 0.05) is 24.8 Å². The zero-order valence-corrected chi connectivity index (χ0v) is 13.2. The molecule has 1 aliphatic rings. The van der Waals surface area contributed by atoms with Gasteiger partial charge in [0.15, 0.2) is 10.4 Å². The largest absolute Gasteiger partial charge is 0.444 e. The molecule has 0 unspecified atom stereocenters. The molecule has 2 aromatic rings. The molecule has 1 fully saturated rings. The van der Waals surface area contributed by atoms with Crippen molar-refractivity contribution in [1.82, 2.24) is 4.90 Å². The van der Waals surface area contributed by atoms with Gasteiger partial charge in [0.25, 0.3) is 5.91 Å². The average Bonchev–Trinajstić information content (AvgIpc) is 2.95. The molecule has 0 aliphatic carbocycles. The number of carbonyl (C=O) groups excluding carboxylic acids is 1. The van der Waals surface area contributed by atoms with E-state index in [2.05, 4.69) is 33.4 Å². The van der Waals surface area contributed by atoms with Crippen LogP contribution in [0, 0.1) is 0 Å². The van der Waals surface area contributed by atoms with Gasteiger partial charge in [-0.05, 0) is 53.0 Å². The number of carbonyl (C=O) groups is 1. The first-order valence-electron chi connectivity index (χ1n) is 7.08. The SMILES string of the molecule is O=C(c1ccc(Br)o1)N1CCC(Nc2ccccc2)CC1. The van der Waals surface area contributed by atoms with Crippen LogP contribution in [0.2, 0.25) is 0 Å². The summed E-state index contributed by atoms with van der Waals surface area (Å²) < 4.78 is 5.92. The summed E-state index contributed by atoms with van der Waals surface area (Å²) in [4.78, 5) is 14.1. The lowest BCUT2D eigenvalue weighted by atomic mass is 10.0. The van der Waals surface area contributed by atoms with Gasteiger partial charge in [-0.3, -0.25) is 4.79 Å². The van der Waals surface area contributed by atoms with E-state index in [4.69, 9.17) is 4.42 Å². The normalized spacial score (nSPS) is 16.0. The molecule has 2 heterocycles. The molecular weight excluding hydrogens is 332 g/mol. The van der Waals surface area contributed by atoms with Gasteiger partial charge in [-0.15, -0.1) is 0 Å². The van der Waals surface area contributed by atoms with Crippen molar-refractivity contribution in [2.75, 3.05) is 18.4 Å². The summed E-state index contributed by atoms with van der Waals surface area (Å²) in [6.45, 7) is 1.50. The van der Waals surface area contributed by atoms with Gasteiger partial charge in [-0.1, -0.05) is 18.2 Å². The number of rotatable bonds is 3. The van der Waals surface area contributed by atoms with Crippen LogP contribution in [0.1, 0.15) is 23.4 Å². The van der Waals surface area contributed by atoms with E-state index in [1.54, 1.807) is 12.1 Å². The van der Waals surface area contributed by atoms with Crippen LogP contribution < -0.4 is 5.32 Å². The van der Waals surface area contributed by atoms with Crippen molar-refractivity contribution >= 4 is 27.5 Å². The Morgan fingerprint density at radius 1 is 1.14 bits per heavy atom. The van der Waals surface area contributed by atoms with Gasteiger partial charge in [0.05, 0.1) is 0 Å². The number of likely N-dealkylation sites (tertiary alicyclic amines) is 1. The number of para-hydroxylation sites is 1. The maximum atomic E-state index is 12.3. The summed E-state index contributed by atoms with van der Waals surface area (Å²) in [7, 11) is 0. The first-order chi connectivity index (χ1) is 10.2.